The molecule has 0 unspecified atom stereocenters. The average molecular weight is 301 g/mol. The minimum atomic E-state index is 0.217. The summed E-state index contributed by atoms with van der Waals surface area (Å²) in [7, 11) is 0. The Morgan fingerprint density at radius 1 is 1.52 bits per heavy atom. The lowest BCUT2D eigenvalue weighted by molar-refractivity contribution is -0.118. The summed E-state index contributed by atoms with van der Waals surface area (Å²) < 4.78 is 0. The first kappa shape index (κ1) is 14.1. The predicted molar refractivity (Wildman–Crippen MR) is 87.5 cm³/mol. The summed E-state index contributed by atoms with van der Waals surface area (Å²) in [5.41, 5.74) is 9.94. The van der Waals surface area contributed by atoms with Gasteiger partial charge in [-0.2, -0.15) is 0 Å². The van der Waals surface area contributed by atoms with Gasteiger partial charge in [-0.25, -0.2) is 4.98 Å². The first-order chi connectivity index (χ1) is 10.1. The van der Waals surface area contributed by atoms with E-state index in [1.54, 1.807) is 0 Å². The lowest BCUT2D eigenvalue weighted by atomic mass is 10.1. The minimum absolute atomic E-state index is 0.217. The van der Waals surface area contributed by atoms with Gasteiger partial charge in [0.1, 0.15) is 0 Å². The number of rotatable bonds is 3. The summed E-state index contributed by atoms with van der Waals surface area (Å²) in [4.78, 5) is 18.5. The molecule has 0 spiro atoms. The van der Waals surface area contributed by atoms with Crippen molar-refractivity contribution in [2.75, 3.05) is 10.6 Å². The molecule has 1 aromatic carbocycles. The van der Waals surface area contributed by atoms with E-state index in [1.807, 2.05) is 29.3 Å². The van der Waals surface area contributed by atoms with Gasteiger partial charge in [0.15, 0.2) is 5.13 Å². The summed E-state index contributed by atoms with van der Waals surface area (Å²) >= 11 is 1.45. The topological polar surface area (TPSA) is 59.2 Å². The number of benzene rings is 1. The first-order valence-electron chi connectivity index (χ1n) is 7.26. The van der Waals surface area contributed by atoms with Crippen LogP contribution in [0.2, 0.25) is 0 Å². The van der Waals surface area contributed by atoms with Gasteiger partial charge in [-0.15, -0.1) is 11.3 Å². The normalized spacial score (nSPS) is 17.0. The zero-order valence-corrected chi connectivity index (χ0v) is 13.1. The van der Waals surface area contributed by atoms with Crippen molar-refractivity contribution in [2.45, 2.75) is 39.2 Å². The summed E-state index contributed by atoms with van der Waals surface area (Å²) in [6.07, 6.45) is 2.39. The maximum atomic E-state index is 12.3. The van der Waals surface area contributed by atoms with Crippen LogP contribution in [0.3, 0.4) is 0 Å². The van der Waals surface area contributed by atoms with Gasteiger partial charge in [0.05, 0.1) is 5.69 Å². The molecule has 0 saturated heterocycles. The molecule has 1 aliphatic rings. The highest BCUT2D eigenvalue weighted by Gasteiger charge is 2.30. The molecule has 0 aliphatic carbocycles. The molecule has 110 valence electrons. The van der Waals surface area contributed by atoms with Crippen LogP contribution in [0.1, 0.15) is 32.3 Å². The Kier molecular flexibility index (Phi) is 3.68. The molecule has 0 saturated carbocycles. The number of amides is 1. The second kappa shape index (κ2) is 5.48. The smallest absolute Gasteiger partial charge is 0.227 e. The second-order valence-electron chi connectivity index (χ2n) is 5.48. The molecule has 1 atom stereocenters. The van der Waals surface area contributed by atoms with Gasteiger partial charge < -0.3 is 10.6 Å². The van der Waals surface area contributed by atoms with Crippen LogP contribution < -0.4 is 10.6 Å². The molecule has 2 aromatic rings. The van der Waals surface area contributed by atoms with Crippen LogP contribution in [0.4, 0.5) is 10.8 Å². The molecule has 21 heavy (non-hydrogen) atoms. The summed E-state index contributed by atoms with van der Waals surface area (Å²) in [6.45, 7) is 4.14. The second-order valence-corrected chi connectivity index (χ2v) is 6.37. The number of carbonyl (C=O) groups is 1. The number of thiazole rings is 1. The Hall–Kier alpha value is -1.88. The quantitative estimate of drug-likeness (QED) is 0.944. The van der Waals surface area contributed by atoms with E-state index >= 15 is 0 Å². The Labute approximate surface area is 128 Å². The van der Waals surface area contributed by atoms with Crippen molar-refractivity contribution in [3.8, 4) is 11.3 Å². The fraction of sp³-hybridized carbons (Fsp3) is 0.375. The fourth-order valence-corrected chi connectivity index (χ4v) is 3.50. The van der Waals surface area contributed by atoms with Crippen molar-refractivity contribution < 1.29 is 4.79 Å². The van der Waals surface area contributed by atoms with E-state index in [4.69, 9.17) is 5.73 Å². The summed E-state index contributed by atoms with van der Waals surface area (Å²) in [6, 6.07) is 6.43. The summed E-state index contributed by atoms with van der Waals surface area (Å²) in [5.74, 6) is 0.217. The monoisotopic (exact) mass is 301 g/mol. The standard InChI is InChI=1S/C16H19N3OS/c1-3-4-15(20)19-10(2)7-12-8-11(5-6-14(12)19)13-9-21-16(17)18-13/h5-6,8-10H,3-4,7H2,1-2H3,(H2,17,18)/t10-/m0/s1. The van der Waals surface area contributed by atoms with E-state index < -0.39 is 0 Å². The number of anilines is 2. The SMILES string of the molecule is CCCC(=O)N1c2ccc(-c3csc(N)n3)cc2C[C@@H]1C. The maximum absolute atomic E-state index is 12.3. The molecule has 0 bridgehead atoms. The van der Waals surface area contributed by atoms with E-state index in [0.29, 0.717) is 11.6 Å². The number of fused-ring (bicyclic) bond motifs is 1. The highest BCUT2D eigenvalue weighted by molar-refractivity contribution is 7.13. The molecule has 3 rings (SSSR count). The molecule has 1 amide bonds. The largest absolute Gasteiger partial charge is 0.375 e. The van der Waals surface area contributed by atoms with Gasteiger partial charge in [-0.05, 0) is 37.5 Å². The third-order valence-electron chi connectivity index (χ3n) is 3.85. The lowest BCUT2D eigenvalue weighted by Gasteiger charge is -2.22. The molecule has 5 heteroatoms. The Morgan fingerprint density at radius 3 is 3.00 bits per heavy atom. The zero-order chi connectivity index (χ0) is 15.0. The van der Waals surface area contributed by atoms with Crippen LogP contribution in [0.25, 0.3) is 11.3 Å². The van der Waals surface area contributed by atoms with Crippen molar-refractivity contribution in [1.29, 1.82) is 0 Å². The molecule has 0 radical (unpaired) electrons. The number of hydrogen-bond donors (Lipinski definition) is 1. The molecular formula is C16H19N3OS. The van der Waals surface area contributed by atoms with Crippen LogP contribution in [-0.4, -0.2) is 16.9 Å². The van der Waals surface area contributed by atoms with Gasteiger partial charge in [0.2, 0.25) is 5.91 Å². The first-order valence-corrected chi connectivity index (χ1v) is 8.14. The number of aromatic nitrogens is 1. The van der Waals surface area contributed by atoms with Crippen LogP contribution >= 0.6 is 11.3 Å². The molecule has 2 N–H and O–H groups in total. The van der Waals surface area contributed by atoms with Gasteiger partial charge in [-0.3, -0.25) is 4.79 Å². The number of nitrogen functional groups attached to an aromatic ring is 1. The number of hydrogen-bond acceptors (Lipinski definition) is 4. The van der Waals surface area contributed by atoms with E-state index in [-0.39, 0.29) is 11.9 Å². The van der Waals surface area contributed by atoms with E-state index in [9.17, 15) is 4.79 Å². The third kappa shape index (κ3) is 2.53. The fourth-order valence-electron chi connectivity index (χ4n) is 2.93. The molecule has 1 aliphatic heterocycles. The summed E-state index contributed by atoms with van der Waals surface area (Å²) in [5, 5.41) is 2.55. The van der Waals surface area contributed by atoms with Crippen molar-refractivity contribution in [3.05, 3.63) is 29.1 Å². The van der Waals surface area contributed by atoms with E-state index in [0.717, 1.165) is 29.8 Å². The molecule has 1 aromatic heterocycles. The van der Waals surface area contributed by atoms with Crippen molar-refractivity contribution in [3.63, 3.8) is 0 Å². The highest BCUT2D eigenvalue weighted by Crippen LogP contribution is 2.36. The van der Waals surface area contributed by atoms with Crippen LogP contribution in [-0.2, 0) is 11.2 Å². The number of nitrogens with two attached hydrogens (primary N) is 1. The molecule has 2 heterocycles. The van der Waals surface area contributed by atoms with Gasteiger partial charge in [0, 0.05) is 29.1 Å². The van der Waals surface area contributed by atoms with Gasteiger partial charge in [-0.1, -0.05) is 13.0 Å². The lowest BCUT2D eigenvalue weighted by Crippen LogP contribution is -2.35. The average Bonchev–Trinajstić information content (AvgIpc) is 3.00. The Morgan fingerprint density at radius 2 is 2.33 bits per heavy atom. The van der Waals surface area contributed by atoms with Crippen molar-refractivity contribution >= 4 is 28.1 Å². The van der Waals surface area contributed by atoms with Gasteiger partial charge in [0.25, 0.3) is 0 Å². The van der Waals surface area contributed by atoms with Gasteiger partial charge >= 0.3 is 0 Å². The van der Waals surface area contributed by atoms with E-state index in [1.165, 1.54) is 16.9 Å². The molecular weight excluding hydrogens is 282 g/mol. The minimum Gasteiger partial charge on any atom is -0.375 e. The maximum Gasteiger partial charge on any atom is 0.227 e. The number of nitrogens with zero attached hydrogens (tertiary/aromatic N) is 2. The van der Waals surface area contributed by atoms with Crippen molar-refractivity contribution in [1.82, 2.24) is 4.98 Å². The molecule has 0 fully saturated rings. The van der Waals surface area contributed by atoms with Crippen LogP contribution in [0.15, 0.2) is 23.6 Å². The van der Waals surface area contributed by atoms with Crippen LogP contribution in [0, 0.1) is 0 Å². The number of carbonyl (C=O) groups excluding carboxylic acids is 1. The molecule has 4 nitrogen and oxygen atoms in total. The highest BCUT2D eigenvalue weighted by atomic mass is 32.1. The van der Waals surface area contributed by atoms with Crippen LogP contribution in [0.5, 0.6) is 0 Å². The van der Waals surface area contributed by atoms with Crippen molar-refractivity contribution in [2.24, 2.45) is 0 Å². The predicted octanol–water partition coefficient (Wildman–Crippen LogP) is 3.47. The third-order valence-corrected chi connectivity index (χ3v) is 4.52. The Balaban J connectivity index is 1.94. The Bertz CT molecular complexity index is 680. The van der Waals surface area contributed by atoms with E-state index in [2.05, 4.69) is 18.0 Å². The zero-order valence-electron chi connectivity index (χ0n) is 12.3.